The molecule has 0 bridgehead atoms. The summed E-state index contributed by atoms with van der Waals surface area (Å²) in [6, 6.07) is 0. The first-order chi connectivity index (χ1) is 4.95. The van der Waals surface area contributed by atoms with Crippen LogP contribution in [-0.2, 0) is 4.74 Å². The Hall–Kier alpha value is -0.250. The first kappa shape index (κ1) is 10.8. The molecule has 0 N–H and O–H groups in total. The largest absolute Gasteiger partial charge is 0.445 e. The lowest BCUT2D eigenvalue weighted by Crippen LogP contribution is -2.29. The zero-order valence-corrected chi connectivity index (χ0v) is 8.88. The Morgan fingerprint density at radius 2 is 1.91 bits per heavy atom. The Morgan fingerprint density at radius 1 is 1.45 bits per heavy atom. The van der Waals surface area contributed by atoms with Gasteiger partial charge < -0.3 is 9.64 Å². The van der Waals surface area contributed by atoms with Gasteiger partial charge in [0, 0.05) is 18.9 Å². The molecule has 0 unspecified atom stereocenters. The fraction of sp³-hybridized carbons (Fsp3) is 0.857. The summed E-state index contributed by atoms with van der Waals surface area (Å²) < 4.78 is 5.01. The quantitative estimate of drug-likeness (QED) is 0.670. The van der Waals surface area contributed by atoms with E-state index in [2.05, 4.69) is 15.9 Å². The third-order valence-corrected chi connectivity index (χ3v) is 2.04. The van der Waals surface area contributed by atoms with Gasteiger partial charge in [0.25, 0.3) is 0 Å². The van der Waals surface area contributed by atoms with E-state index >= 15 is 0 Å². The maximum absolute atomic E-state index is 10.9. The van der Waals surface area contributed by atoms with Crippen molar-refractivity contribution < 1.29 is 9.53 Å². The maximum atomic E-state index is 10.9. The van der Waals surface area contributed by atoms with Gasteiger partial charge >= 0.3 is 6.09 Å². The summed E-state index contributed by atoms with van der Waals surface area (Å²) in [4.78, 5) is 12.5. The number of amides is 1. The Morgan fingerprint density at radius 3 is 2.18 bits per heavy atom. The summed E-state index contributed by atoms with van der Waals surface area (Å²) in [7, 11) is 3.32. The number of rotatable bonds is 2. The molecule has 0 spiro atoms. The van der Waals surface area contributed by atoms with Crippen LogP contribution >= 0.6 is 15.9 Å². The zero-order chi connectivity index (χ0) is 9.02. The number of hydrogen-bond acceptors (Lipinski definition) is 2. The molecule has 0 saturated heterocycles. The molecule has 0 aromatic carbocycles. The second-order valence-corrected chi connectivity index (χ2v) is 4.11. The molecule has 0 fully saturated rings. The molecule has 4 heteroatoms. The van der Waals surface area contributed by atoms with Crippen LogP contribution in [0.1, 0.15) is 13.8 Å². The van der Waals surface area contributed by atoms with Crippen LogP contribution in [0.2, 0.25) is 0 Å². The number of carbonyl (C=O) groups excluding carboxylic acids is 1. The number of alkyl halides is 1. The summed E-state index contributed by atoms with van der Waals surface area (Å²) >= 11 is 3.32. The molecule has 0 radical (unpaired) electrons. The molecule has 1 amide bonds. The van der Waals surface area contributed by atoms with E-state index in [0.29, 0.717) is 0 Å². The van der Waals surface area contributed by atoms with E-state index in [1.165, 1.54) is 4.90 Å². The lowest BCUT2D eigenvalue weighted by atomic mass is 10.3. The molecule has 0 aliphatic rings. The summed E-state index contributed by atoms with van der Waals surface area (Å²) in [5, 5.41) is 0. The molecule has 11 heavy (non-hydrogen) atoms. The van der Waals surface area contributed by atoms with Gasteiger partial charge in [0.1, 0.15) is 6.10 Å². The van der Waals surface area contributed by atoms with Crippen LogP contribution in [0, 0.1) is 0 Å². The highest BCUT2D eigenvalue weighted by molar-refractivity contribution is 9.09. The molecule has 3 nitrogen and oxygen atoms in total. The number of halogens is 1. The normalized spacial score (nSPS) is 15.4. The summed E-state index contributed by atoms with van der Waals surface area (Å²) in [6.07, 6.45) is -0.395. The van der Waals surface area contributed by atoms with E-state index in [1.54, 1.807) is 14.1 Å². The topological polar surface area (TPSA) is 29.5 Å². The van der Waals surface area contributed by atoms with E-state index in [-0.39, 0.29) is 17.0 Å². The number of ether oxygens (including phenoxy) is 1. The summed E-state index contributed by atoms with van der Waals surface area (Å²) in [6.45, 7) is 3.79. The summed E-state index contributed by atoms with van der Waals surface area (Å²) in [5.41, 5.74) is 0. The minimum Gasteiger partial charge on any atom is -0.445 e. The highest BCUT2D eigenvalue weighted by Gasteiger charge is 2.14. The van der Waals surface area contributed by atoms with Crippen molar-refractivity contribution in [1.29, 1.82) is 0 Å². The summed E-state index contributed by atoms with van der Waals surface area (Å²) in [5.74, 6) is 0. The molecule has 0 aliphatic heterocycles. The smallest absolute Gasteiger partial charge is 0.409 e. The van der Waals surface area contributed by atoms with E-state index in [9.17, 15) is 4.79 Å². The van der Waals surface area contributed by atoms with E-state index in [0.717, 1.165) is 0 Å². The van der Waals surface area contributed by atoms with Gasteiger partial charge in [-0.15, -0.1) is 0 Å². The third-order valence-electron chi connectivity index (χ3n) is 1.30. The zero-order valence-electron chi connectivity index (χ0n) is 7.30. The minimum absolute atomic E-state index is 0.0927. The molecule has 0 aliphatic carbocycles. The second kappa shape index (κ2) is 4.59. The monoisotopic (exact) mass is 223 g/mol. The van der Waals surface area contributed by atoms with Crippen molar-refractivity contribution in [1.82, 2.24) is 4.90 Å². The lowest BCUT2D eigenvalue weighted by Gasteiger charge is -2.18. The molecule has 0 rings (SSSR count). The highest BCUT2D eigenvalue weighted by atomic mass is 79.9. The molecule has 0 saturated carbocycles. The van der Waals surface area contributed by atoms with Crippen LogP contribution in [0.15, 0.2) is 0 Å². The predicted octanol–water partition coefficient (Wildman–Crippen LogP) is 1.86. The van der Waals surface area contributed by atoms with E-state index in [1.807, 2.05) is 13.8 Å². The van der Waals surface area contributed by atoms with Crippen molar-refractivity contribution >= 4 is 22.0 Å². The van der Waals surface area contributed by atoms with Gasteiger partial charge in [-0.1, -0.05) is 15.9 Å². The molecule has 2 atom stereocenters. The van der Waals surface area contributed by atoms with Crippen molar-refractivity contribution in [2.45, 2.75) is 24.8 Å². The van der Waals surface area contributed by atoms with Gasteiger partial charge in [0.15, 0.2) is 0 Å². The van der Waals surface area contributed by atoms with Gasteiger partial charge in [-0.25, -0.2) is 4.79 Å². The molecule has 0 aromatic rings. The van der Waals surface area contributed by atoms with Gasteiger partial charge in [-0.05, 0) is 13.8 Å². The highest BCUT2D eigenvalue weighted by Crippen LogP contribution is 2.08. The molecular formula is C7H14BrNO2. The van der Waals surface area contributed by atoms with Crippen LogP contribution < -0.4 is 0 Å². The Labute approximate surface area is 75.8 Å². The first-order valence-electron chi connectivity index (χ1n) is 3.47. The van der Waals surface area contributed by atoms with Crippen LogP contribution in [0.4, 0.5) is 4.79 Å². The Balaban J connectivity index is 3.76. The van der Waals surface area contributed by atoms with Gasteiger partial charge in [-0.2, -0.15) is 0 Å². The number of carbonyl (C=O) groups is 1. The molecule has 66 valence electrons. The number of nitrogens with zero attached hydrogens (tertiary/aromatic N) is 1. The maximum Gasteiger partial charge on any atom is 0.409 e. The molecule has 0 aromatic heterocycles. The number of hydrogen-bond donors (Lipinski definition) is 0. The molecular weight excluding hydrogens is 210 g/mol. The third kappa shape index (κ3) is 4.24. The first-order valence-corrected chi connectivity index (χ1v) is 4.38. The standard InChI is InChI=1S/C7H14BrNO2/c1-5(8)6(2)11-7(10)9(3)4/h5-6H,1-4H3/t5-,6+/m0/s1. The Bertz CT molecular complexity index is 136. The van der Waals surface area contributed by atoms with Crippen molar-refractivity contribution in [2.24, 2.45) is 0 Å². The van der Waals surface area contributed by atoms with Crippen molar-refractivity contribution in [3.05, 3.63) is 0 Å². The van der Waals surface area contributed by atoms with Crippen molar-refractivity contribution in [2.75, 3.05) is 14.1 Å². The van der Waals surface area contributed by atoms with Crippen LogP contribution in [0.25, 0.3) is 0 Å². The van der Waals surface area contributed by atoms with Crippen LogP contribution in [-0.4, -0.2) is 36.0 Å². The average molecular weight is 224 g/mol. The SMILES string of the molecule is C[C@H](Br)[C@@H](C)OC(=O)N(C)C. The van der Waals surface area contributed by atoms with Gasteiger partial charge in [0.05, 0.1) is 0 Å². The fourth-order valence-electron chi connectivity index (χ4n) is 0.358. The Kier molecular flexibility index (Phi) is 4.49. The fourth-order valence-corrected chi connectivity index (χ4v) is 0.466. The van der Waals surface area contributed by atoms with Crippen LogP contribution in [0.5, 0.6) is 0 Å². The predicted molar refractivity (Wildman–Crippen MR) is 48.0 cm³/mol. The van der Waals surface area contributed by atoms with E-state index < -0.39 is 0 Å². The lowest BCUT2D eigenvalue weighted by molar-refractivity contribution is 0.0840. The van der Waals surface area contributed by atoms with Crippen molar-refractivity contribution in [3.63, 3.8) is 0 Å². The average Bonchev–Trinajstić information content (AvgIpc) is 1.87. The van der Waals surface area contributed by atoms with Crippen molar-refractivity contribution in [3.8, 4) is 0 Å². The van der Waals surface area contributed by atoms with Gasteiger partial charge in [0.2, 0.25) is 0 Å². The molecule has 0 heterocycles. The second-order valence-electron chi connectivity index (χ2n) is 2.66. The minimum atomic E-state index is -0.302. The van der Waals surface area contributed by atoms with Crippen LogP contribution in [0.3, 0.4) is 0 Å². The van der Waals surface area contributed by atoms with Gasteiger partial charge in [-0.3, -0.25) is 0 Å². The van der Waals surface area contributed by atoms with E-state index in [4.69, 9.17) is 4.74 Å².